The lowest BCUT2D eigenvalue weighted by Gasteiger charge is -2.23. The summed E-state index contributed by atoms with van der Waals surface area (Å²) in [5.41, 5.74) is 0.177. The molecular weight excluding hydrogens is 407 g/mol. The van der Waals surface area contributed by atoms with E-state index in [0.29, 0.717) is 17.0 Å². The fourth-order valence-corrected chi connectivity index (χ4v) is 3.94. The Morgan fingerprint density at radius 1 is 1.23 bits per heavy atom. The van der Waals surface area contributed by atoms with Gasteiger partial charge in [-0.05, 0) is 62.5 Å². The number of aromatic nitrogens is 3. The van der Waals surface area contributed by atoms with Crippen LogP contribution in [0.1, 0.15) is 30.7 Å². The normalized spacial score (nSPS) is 15.2. The number of hydrogen-bond donors (Lipinski definition) is 1. The number of aryl methyl sites for hydroxylation is 1. The van der Waals surface area contributed by atoms with Crippen LogP contribution >= 0.6 is 0 Å². The van der Waals surface area contributed by atoms with Gasteiger partial charge in [-0.25, -0.2) is 9.97 Å². The number of fused-ring (bicyclic) bond motifs is 1. The van der Waals surface area contributed by atoms with Crippen LogP contribution in [0.5, 0.6) is 5.75 Å². The second kappa shape index (κ2) is 8.55. The lowest BCUT2D eigenvalue weighted by atomic mass is 9.95. The zero-order chi connectivity index (χ0) is 22.0. The Balaban J connectivity index is 1.66. The minimum absolute atomic E-state index is 0.0971. The molecule has 1 fully saturated rings. The molecule has 162 valence electrons. The van der Waals surface area contributed by atoms with Crippen LogP contribution in [-0.4, -0.2) is 34.2 Å². The maximum atomic E-state index is 13.8. The van der Waals surface area contributed by atoms with Gasteiger partial charge in [-0.1, -0.05) is 0 Å². The Morgan fingerprint density at radius 2 is 2.00 bits per heavy atom. The predicted molar refractivity (Wildman–Crippen MR) is 109 cm³/mol. The van der Waals surface area contributed by atoms with Crippen LogP contribution in [-0.2, 0) is 13.2 Å². The number of halogens is 3. The van der Waals surface area contributed by atoms with Crippen molar-refractivity contribution in [1.82, 2.24) is 19.9 Å². The molecule has 0 atom stereocenters. The Morgan fingerprint density at radius 3 is 2.71 bits per heavy atom. The number of nitrogens with zero attached hydrogens (tertiary/aromatic N) is 4. The summed E-state index contributed by atoms with van der Waals surface area (Å²) >= 11 is 0. The molecule has 2 aromatic heterocycles. The third-order valence-corrected chi connectivity index (χ3v) is 5.63. The van der Waals surface area contributed by atoms with Gasteiger partial charge >= 0.3 is 6.18 Å². The molecule has 0 aliphatic carbocycles. The van der Waals surface area contributed by atoms with Gasteiger partial charge in [-0.2, -0.15) is 18.4 Å². The van der Waals surface area contributed by atoms with E-state index in [4.69, 9.17) is 4.74 Å². The second-order valence-corrected chi connectivity index (χ2v) is 7.71. The summed E-state index contributed by atoms with van der Waals surface area (Å²) in [4.78, 5) is 8.33. The first-order valence-electron chi connectivity index (χ1n) is 10.1. The molecule has 0 bridgehead atoms. The molecule has 3 aromatic rings. The van der Waals surface area contributed by atoms with Crippen LogP contribution in [0.25, 0.3) is 22.3 Å². The van der Waals surface area contributed by atoms with Gasteiger partial charge in [-0.3, -0.25) is 0 Å². The van der Waals surface area contributed by atoms with Crippen molar-refractivity contribution in [3.8, 4) is 23.1 Å². The first-order valence-corrected chi connectivity index (χ1v) is 10.1. The van der Waals surface area contributed by atoms with Gasteiger partial charge in [0.1, 0.15) is 17.5 Å². The number of benzene rings is 1. The van der Waals surface area contributed by atoms with Crippen molar-refractivity contribution in [2.24, 2.45) is 13.0 Å². The third-order valence-electron chi connectivity index (χ3n) is 5.63. The number of ether oxygens (including phenoxy) is 1. The van der Waals surface area contributed by atoms with Crippen molar-refractivity contribution in [3.05, 3.63) is 41.9 Å². The van der Waals surface area contributed by atoms with Crippen LogP contribution in [0, 0.1) is 17.2 Å². The zero-order valence-corrected chi connectivity index (χ0v) is 17.0. The Kier molecular flexibility index (Phi) is 5.83. The van der Waals surface area contributed by atoms with Crippen molar-refractivity contribution in [1.29, 1.82) is 5.26 Å². The first-order chi connectivity index (χ1) is 14.9. The Bertz CT molecular complexity index is 1130. The molecule has 1 aliphatic heterocycles. The molecule has 0 radical (unpaired) electrons. The van der Waals surface area contributed by atoms with Crippen LogP contribution in [0.2, 0.25) is 0 Å². The van der Waals surface area contributed by atoms with E-state index >= 15 is 0 Å². The fourth-order valence-electron chi connectivity index (χ4n) is 3.94. The lowest BCUT2D eigenvalue weighted by molar-refractivity contribution is -0.138. The Hall–Kier alpha value is -3.12. The summed E-state index contributed by atoms with van der Waals surface area (Å²) in [5, 5.41) is 13.1. The quantitative estimate of drug-likeness (QED) is 0.655. The van der Waals surface area contributed by atoms with Crippen LogP contribution in [0.4, 0.5) is 13.2 Å². The molecule has 1 aliphatic rings. The van der Waals surface area contributed by atoms with E-state index in [1.807, 2.05) is 6.07 Å². The number of piperidine rings is 1. The number of nitriles is 1. The molecule has 6 nitrogen and oxygen atoms in total. The average molecular weight is 429 g/mol. The number of nitrogens with one attached hydrogen (secondary N) is 1. The van der Waals surface area contributed by atoms with Crippen molar-refractivity contribution in [2.75, 3.05) is 19.7 Å². The molecule has 0 amide bonds. The topological polar surface area (TPSA) is 75.8 Å². The molecule has 1 aromatic carbocycles. The van der Waals surface area contributed by atoms with Crippen molar-refractivity contribution < 1.29 is 17.9 Å². The van der Waals surface area contributed by atoms with E-state index in [0.717, 1.165) is 38.4 Å². The van der Waals surface area contributed by atoms with Gasteiger partial charge in [0, 0.05) is 24.2 Å². The highest BCUT2D eigenvalue weighted by Crippen LogP contribution is 2.39. The van der Waals surface area contributed by atoms with Crippen LogP contribution < -0.4 is 10.1 Å². The highest BCUT2D eigenvalue weighted by molar-refractivity contribution is 5.91. The van der Waals surface area contributed by atoms with E-state index in [2.05, 4.69) is 15.3 Å². The van der Waals surface area contributed by atoms with Crippen molar-refractivity contribution in [2.45, 2.75) is 25.4 Å². The average Bonchev–Trinajstić information content (AvgIpc) is 3.14. The maximum absolute atomic E-state index is 13.8. The summed E-state index contributed by atoms with van der Waals surface area (Å²) < 4.78 is 48.7. The molecule has 0 saturated carbocycles. The van der Waals surface area contributed by atoms with Gasteiger partial charge < -0.3 is 14.6 Å². The van der Waals surface area contributed by atoms with E-state index in [1.54, 1.807) is 29.9 Å². The molecule has 0 spiro atoms. The summed E-state index contributed by atoms with van der Waals surface area (Å²) in [5.74, 6) is 0.177. The molecule has 0 unspecified atom stereocenters. The third kappa shape index (κ3) is 4.49. The maximum Gasteiger partial charge on any atom is 0.419 e. The fraction of sp³-hybridized carbons (Fsp3) is 0.409. The van der Waals surface area contributed by atoms with E-state index in [9.17, 15) is 18.4 Å². The highest BCUT2D eigenvalue weighted by Gasteiger charge is 2.35. The number of rotatable bonds is 5. The molecule has 31 heavy (non-hydrogen) atoms. The molecule has 9 heteroatoms. The summed E-state index contributed by atoms with van der Waals surface area (Å²) in [6.07, 6.45) is -0.108. The van der Waals surface area contributed by atoms with Gasteiger partial charge in [0.05, 0.1) is 17.9 Å². The number of alkyl halides is 3. The van der Waals surface area contributed by atoms with Crippen LogP contribution in [0.3, 0.4) is 0 Å². The monoisotopic (exact) mass is 429 g/mol. The first kappa shape index (κ1) is 21.1. The molecular formula is C22H22F3N5O. The largest absolute Gasteiger partial charge is 0.493 e. The number of hydrogen-bond acceptors (Lipinski definition) is 5. The van der Waals surface area contributed by atoms with Gasteiger partial charge in [0.25, 0.3) is 0 Å². The van der Waals surface area contributed by atoms with Gasteiger partial charge in [-0.15, -0.1) is 0 Å². The zero-order valence-electron chi connectivity index (χ0n) is 17.0. The standard InChI is InChI=1S/C22H22F3N5O/c1-30-10-6-16-20(28-19(13-26)29-21(16)30)15-2-3-18(17(12-15)22(23,24)25)31-11-7-14-4-8-27-9-5-14/h2-3,6,10,12,14,27H,4-5,7-9,11H2,1H3. The minimum Gasteiger partial charge on any atom is -0.493 e. The molecule has 1 saturated heterocycles. The van der Waals surface area contributed by atoms with Crippen LogP contribution in [0.15, 0.2) is 30.5 Å². The van der Waals surface area contributed by atoms with Crippen molar-refractivity contribution >= 4 is 11.0 Å². The lowest BCUT2D eigenvalue weighted by Crippen LogP contribution is -2.28. The SMILES string of the molecule is Cn1ccc2c(-c3ccc(OCCC4CCNCC4)c(C(F)(F)F)c3)nc(C#N)nc21. The molecule has 3 heterocycles. The van der Waals surface area contributed by atoms with E-state index in [1.165, 1.54) is 6.07 Å². The van der Waals surface area contributed by atoms with Gasteiger partial charge in [0.15, 0.2) is 0 Å². The Labute approximate surface area is 177 Å². The smallest absolute Gasteiger partial charge is 0.419 e. The molecule has 4 rings (SSSR count). The predicted octanol–water partition coefficient (Wildman–Crippen LogP) is 4.29. The second-order valence-electron chi connectivity index (χ2n) is 7.71. The molecule has 1 N–H and O–H groups in total. The summed E-state index contributed by atoms with van der Waals surface area (Å²) in [6, 6.07) is 7.52. The van der Waals surface area contributed by atoms with E-state index in [-0.39, 0.29) is 29.4 Å². The van der Waals surface area contributed by atoms with Gasteiger partial charge in [0.2, 0.25) is 5.82 Å². The summed E-state index contributed by atoms with van der Waals surface area (Å²) in [6.45, 7) is 2.11. The minimum atomic E-state index is -4.58. The van der Waals surface area contributed by atoms with Crippen molar-refractivity contribution in [3.63, 3.8) is 0 Å². The highest BCUT2D eigenvalue weighted by atomic mass is 19.4. The summed E-state index contributed by atoms with van der Waals surface area (Å²) in [7, 11) is 1.75. The van der Waals surface area contributed by atoms with E-state index < -0.39 is 11.7 Å².